The van der Waals surface area contributed by atoms with Crippen molar-refractivity contribution in [2.24, 2.45) is 29.6 Å². The van der Waals surface area contributed by atoms with Gasteiger partial charge in [-0.1, -0.05) is 46.0 Å². The molecule has 3 aliphatic carbocycles. The SMILES string of the molecule is CCCCOC1CCC2C(CCC3CC(CCCC)CCC32)C1. The summed E-state index contributed by atoms with van der Waals surface area (Å²) in [6.07, 6.45) is 19.4. The summed E-state index contributed by atoms with van der Waals surface area (Å²) in [5.41, 5.74) is 0. The first-order valence-electron chi connectivity index (χ1n) is 10.9. The van der Waals surface area contributed by atoms with Crippen molar-refractivity contribution >= 4 is 0 Å². The van der Waals surface area contributed by atoms with Crippen LogP contribution in [-0.4, -0.2) is 12.7 Å². The van der Waals surface area contributed by atoms with Gasteiger partial charge in [0.1, 0.15) is 0 Å². The third kappa shape index (κ3) is 4.53. The van der Waals surface area contributed by atoms with Crippen molar-refractivity contribution in [3.05, 3.63) is 0 Å². The van der Waals surface area contributed by atoms with Crippen LogP contribution in [-0.2, 0) is 4.74 Å². The first-order chi connectivity index (χ1) is 11.3. The first kappa shape index (κ1) is 17.8. The van der Waals surface area contributed by atoms with Crippen LogP contribution in [0.25, 0.3) is 0 Å². The lowest BCUT2D eigenvalue weighted by Crippen LogP contribution is -2.42. The van der Waals surface area contributed by atoms with Gasteiger partial charge in [-0.3, -0.25) is 0 Å². The predicted molar refractivity (Wildman–Crippen MR) is 98.6 cm³/mol. The summed E-state index contributed by atoms with van der Waals surface area (Å²) in [4.78, 5) is 0. The zero-order valence-electron chi connectivity index (χ0n) is 15.8. The molecule has 0 heterocycles. The Morgan fingerprint density at radius 1 is 0.739 bits per heavy atom. The topological polar surface area (TPSA) is 9.23 Å². The highest BCUT2D eigenvalue weighted by atomic mass is 16.5. The van der Waals surface area contributed by atoms with Crippen molar-refractivity contribution in [2.75, 3.05) is 6.61 Å². The summed E-state index contributed by atoms with van der Waals surface area (Å²) in [5.74, 6) is 5.31. The van der Waals surface area contributed by atoms with E-state index in [2.05, 4.69) is 13.8 Å². The molecule has 0 aromatic carbocycles. The second-order valence-corrected chi connectivity index (χ2v) is 8.91. The van der Waals surface area contributed by atoms with Crippen LogP contribution in [0.2, 0.25) is 0 Å². The Morgan fingerprint density at radius 3 is 2.17 bits per heavy atom. The van der Waals surface area contributed by atoms with Crippen LogP contribution in [0, 0.1) is 29.6 Å². The molecule has 0 spiro atoms. The fourth-order valence-corrected chi connectivity index (χ4v) is 6.15. The van der Waals surface area contributed by atoms with Gasteiger partial charge >= 0.3 is 0 Å². The van der Waals surface area contributed by atoms with Gasteiger partial charge in [0.15, 0.2) is 0 Å². The summed E-state index contributed by atoms with van der Waals surface area (Å²) < 4.78 is 6.17. The molecule has 3 rings (SSSR count). The van der Waals surface area contributed by atoms with Gasteiger partial charge in [-0.2, -0.15) is 0 Å². The van der Waals surface area contributed by atoms with Gasteiger partial charge in [0, 0.05) is 6.61 Å². The minimum Gasteiger partial charge on any atom is -0.378 e. The van der Waals surface area contributed by atoms with Crippen LogP contribution in [0.4, 0.5) is 0 Å². The maximum Gasteiger partial charge on any atom is 0.0578 e. The largest absolute Gasteiger partial charge is 0.378 e. The molecule has 0 aliphatic heterocycles. The summed E-state index contributed by atoms with van der Waals surface area (Å²) >= 11 is 0. The summed E-state index contributed by atoms with van der Waals surface area (Å²) in [5, 5.41) is 0. The van der Waals surface area contributed by atoms with E-state index in [4.69, 9.17) is 4.74 Å². The van der Waals surface area contributed by atoms with E-state index in [-0.39, 0.29) is 0 Å². The molecule has 23 heavy (non-hydrogen) atoms. The van der Waals surface area contributed by atoms with E-state index < -0.39 is 0 Å². The van der Waals surface area contributed by atoms with Crippen molar-refractivity contribution in [3.8, 4) is 0 Å². The second kappa shape index (κ2) is 8.88. The van der Waals surface area contributed by atoms with Crippen LogP contribution in [0.15, 0.2) is 0 Å². The Bertz CT molecular complexity index is 339. The zero-order valence-corrected chi connectivity index (χ0v) is 15.8. The molecular formula is C22H40O. The summed E-state index contributed by atoms with van der Waals surface area (Å²) in [6.45, 7) is 5.61. The van der Waals surface area contributed by atoms with Crippen molar-refractivity contribution in [3.63, 3.8) is 0 Å². The Labute approximate surface area is 144 Å². The van der Waals surface area contributed by atoms with Crippen molar-refractivity contribution in [1.29, 1.82) is 0 Å². The van der Waals surface area contributed by atoms with E-state index >= 15 is 0 Å². The molecular weight excluding hydrogens is 280 g/mol. The lowest BCUT2D eigenvalue weighted by Gasteiger charge is -2.50. The number of hydrogen-bond acceptors (Lipinski definition) is 1. The van der Waals surface area contributed by atoms with E-state index in [9.17, 15) is 0 Å². The minimum absolute atomic E-state index is 0.597. The molecule has 3 aliphatic rings. The zero-order chi connectivity index (χ0) is 16.1. The Hall–Kier alpha value is -0.0400. The van der Waals surface area contributed by atoms with E-state index in [1.807, 2.05) is 0 Å². The highest BCUT2D eigenvalue weighted by Gasteiger charge is 2.44. The van der Waals surface area contributed by atoms with Crippen LogP contribution < -0.4 is 0 Å². The lowest BCUT2D eigenvalue weighted by molar-refractivity contribution is -0.0537. The number of hydrogen-bond donors (Lipinski definition) is 0. The molecule has 0 radical (unpaired) electrons. The van der Waals surface area contributed by atoms with Crippen molar-refractivity contribution in [1.82, 2.24) is 0 Å². The standard InChI is InChI=1S/C22H40O/c1-3-5-7-17-8-12-21-18(15-17)9-10-19-16-20(11-13-22(19)21)23-14-6-4-2/h17-22H,3-16H2,1-2H3. The van der Waals surface area contributed by atoms with Crippen LogP contribution in [0.1, 0.15) is 97.3 Å². The van der Waals surface area contributed by atoms with Gasteiger partial charge in [0.25, 0.3) is 0 Å². The molecule has 6 atom stereocenters. The fourth-order valence-electron chi connectivity index (χ4n) is 6.15. The lowest BCUT2D eigenvalue weighted by atomic mass is 9.56. The maximum absolute atomic E-state index is 6.17. The summed E-state index contributed by atoms with van der Waals surface area (Å²) in [7, 11) is 0. The van der Waals surface area contributed by atoms with Crippen LogP contribution >= 0.6 is 0 Å². The molecule has 1 heteroatoms. The van der Waals surface area contributed by atoms with Gasteiger partial charge in [0.05, 0.1) is 6.10 Å². The number of rotatable bonds is 7. The van der Waals surface area contributed by atoms with Gasteiger partial charge < -0.3 is 4.74 Å². The molecule has 1 nitrogen and oxygen atoms in total. The van der Waals surface area contributed by atoms with Crippen LogP contribution in [0.3, 0.4) is 0 Å². The smallest absolute Gasteiger partial charge is 0.0578 e. The average molecular weight is 321 g/mol. The highest BCUT2D eigenvalue weighted by Crippen LogP contribution is 2.53. The quantitative estimate of drug-likeness (QED) is 0.480. The third-order valence-electron chi connectivity index (χ3n) is 7.42. The number of unbranched alkanes of at least 4 members (excludes halogenated alkanes) is 2. The fraction of sp³-hybridized carbons (Fsp3) is 1.00. The second-order valence-electron chi connectivity index (χ2n) is 8.91. The van der Waals surface area contributed by atoms with Crippen LogP contribution in [0.5, 0.6) is 0 Å². The highest BCUT2D eigenvalue weighted by molar-refractivity contribution is 4.94. The minimum atomic E-state index is 0.597. The normalized spacial score (nSPS) is 40.4. The molecule has 0 aromatic rings. The molecule has 134 valence electrons. The van der Waals surface area contributed by atoms with Crippen molar-refractivity contribution < 1.29 is 4.74 Å². The van der Waals surface area contributed by atoms with Gasteiger partial charge in [-0.15, -0.1) is 0 Å². The maximum atomic E-state index is 6.17. The van der Waals surface area contributed by atoms with Gasteiger partial charge in [-0.05, 0) is 81.0 Å². The van der Waals surface area contributed by atoms with Crippen molar-refractivity contribution in [2.45, 2.75) is 103 Å². The molecule has 0 amide bonds. The van der Waals surface area contributed by atoms with E-state index in [0.717, 1.165) is 36.2 Å². The number of ether oxygens (including phenoxy) is 1. The molecule has 0 N–H and O–H groups in total. The molecule has 6 unspecified atom stereocenters. The molecule has 0 aromatic heterocycles. The first-order valence-corrected chi connectivity index (χ1v) is 10.9. The predicted octanol–water partition coefficient (Wildman–Crippen LogP) is 6.60. The molecule has 3 saturated carbocycles. The average Bonchev–Trinajstić information content (AvgIpc) is 2.59. The molecule has 0 bridgehead atoms. The Kier molecular flexibility index (Phi) is 6.86. The summed E-state index contributed by atoms with van der Waals surface area (Å²) in [6, 6.07) is 0. The van der Waals surface area contributed by atoms with E-state index in [1.54, 1.807) is 19.3 Å². The van der Waals surface area contributed by atoms with E-state index in [0.29, 0.717) is 6.10 Å². The van der Waals surface area contributed by atoms with E-state index in [1.165, 1.54) is 64.2 Å². The molecule has 3 fully saturated rings. The monoisotopic (exact) mass is 320 g/mol. The van der Waals surface area contributed by atoms with Gasteiger partial charge in [-0.25, -0.2) is 0 Å². The third-order valence-corrected chi connectivity index (χ3v) is 7.42. The molecule has 0 saturated heterocycles. The number of fused-ring (bicyclic) bond motifs is 3. The Balaban J connectivity index is 1.47. The van der Waals surface area contributed by atoms with Gasteiger partial charge in [0.2, 0.25) is 0 Å². The Morgan fingerprint density at radius 2 is 1.43 bits per heavy atom.